The highest BCUT2D eigenvalue weighted by molar-refractivity contribution is 5.90. The second kappa shape index (κ2) is 9.05. The Balaban J connectivity index is 0.000000168. The fraction of sp³-hybridized carbons (Fsp3) is 0.435. The highest BCUT2D eigenvalue weighted by Crippen LogP contribution is 2.38. The Morgan fingerprint density at radius 2 is 1.59 bits per heavy atom. The van der Waals surface area contributed by atoms with Crippen molar-refractivity contribution in [2.24, 2.45) is 5.73 Å². The zero-order chi connectivity index (χ0) is 19.2. The van der Waals surface area contributed by atoms with Gasteiger partial charge in [0.25, 0.3) is 0 Å². The number of benzene rings is 2. The molecule has 4 nitrogen and oxygen atoms in total. The molecule has 2 aromatic carbocycles. The molecule has 0 heterocycles. The topological polar surface area (TPSA) is 67.1 Å². The SMILES string of the molecule is CC(C)NCc1ccccc1.NC(=O)Nc1c2c(cc3c1CCC3)CCC2. The third-order valence-electron chi connectivity index (χ3n) is 5.28. The van der Waals surface area contributed by atoms with Gasteiger partial charge in [-0.15, -0.1) is 0 Å². The van der Waals surface area contributed by atoms with E-state index in [9.17, 15) is 4.79 Å². The van der Waals surface area contributed by atoms with Crippen LogP contribution in [0.5, 0.6) is 0 Å². The standard InChI is InChI=1S/C13H16N2O.C10H15N/c14-13(16)15-12-10-5-1-3-8(10)7-9-4-2-6-11(9)12;1-9(2)11-8-10-6-4-3-5-7-10/h7H,1-6H2,(H3,14,15,16);3-7,9,11H,8H2,1-2H3. The van der Waals surface area contributed by atoms with Gasteiger partial charge < -0.3 is 16.4 Å². The van der Waals surface area contributed by atoms with Gasteiger partial charge in [-0.25, -0.2) is 4.79 Å². The number of anilines is 1. The molecular weight excluding hydrogens is 334 g/mol. The molecule has 0 spiro atoms. The predicted octanol–water partition coefficient (Wildman–Crippen LogP) is 4.34. The van der Waals surface area contributed by atoms with Crippen LogP contribution >= 0.6 is 0 Å². The Morgan fingerprint density at radius 1 is 1.00 bits per heavy atom. The maximum Gasteiger partial charge on any atom is 0.316 e. The molecule has 144 valence electrons. The van der Waals surface area contributed by atoms with E-state index in [1.807, 2.05) is 6.07 Å². The lowest BCUT2D eigenvalue weighted by Gasteiger charge is -2.14. The molecule has 2 aliphatic rings. The lowest BCUT2D eigenvalue weighted by Crippen LogP contribution is -2.21. The number of amides is 2. The minimum atomic E-state index is -0.436. The summed E-state index contributed by atoms with van der Waals surface area (Å²) in [6.07, 6.45) is 6.86. The number of fused-ring (bicyclic) bond motifs is 2. The minimum absolute atomic E-state index is 0.436. The zero-order valence-electron chi connectivity index (χ0n) is 16.5. The van der Waals surface area contributed by atoms with E-state index in [1.165, 1.54) is 40.7 Å². The Morgan fingerprint density at radius 3 is 2.11 bits per heavy atom. The lowest BCUT2D eigenvalue weighted by atomic mass is 9.99. The molecule has 0 unspecified atom stereocenters. The van der Waals surface area contributed by atoms with E-state index in [-0.39, 0.29) is 0 Å². The summed E-state index contributed by atoms with van der Waals surface area (Å²) in [7, 11) is 0. The Bertz CT molecular complexity index is 752. The first kappa shape index (κ1) is 19.4. The maximum absolute atomic E-state index is 11.1. The minimum Gasteiger partial charge on any atom is -0.351 e. The third-order valence-corrected chi connectivity index (χ3v) is 5.28. The summed E-state index contributed by atoms with van der Waals surface area (Å²) in [4.78, 5) is 11.1. The average molecular weight is 366 g/mol. The summed E-state index contributed by atoms with van der Waals surface area (Å²) in [6.45, 7) is 5.28. The van der Waals surface area contributed by atoms with Crippen molar-refractivity contribution in [2.45, 2.75) is 65.0 Å². The van der Waals surface area contributed by atoms with Crippen molar-refractivity contribution in [3.8, 4) is 0 Å². The fourth-order valence-electron chi connectivity index (χ4n) is 4.01. The van der Waals surface area contributed by atoms with Crippen LogP contribution in [0.2, 0.25) is 0 Å². The fourth-order valence-corrected chi connectivity index (χ4v) is 4.01. The number of hydrogen-bond acceptors (Lipinski definition) is 2. The van der Waals surface area contributed by atoms with Crippen molar-refractivity contribution >= 4 is 11.7 Å². The number of rotatable bonds is 4. The maximum atomic E-state index is 11.1. The van der Waals surface area contributed by atoms with Crippen LogP contribution in [0.3, 0.4) is 0 Å². The number of carbonyl (C=O) groups is 1. The average Bonchev–Trinajstić information content (AvgIpc) is 3.30. The molecule has 27 heavy (non-hydrogen) atoms. The Kier molecular flexibility index (Phi) is 6.51. The number of nitrogens with one attached hydrogen (secondary N) is 2. The zero-order valence-corrected chi connectivity index (χ0v) is 16.5. The van der Waals surface area contributed by atoms with Gasteiger partial charge in [0.1, 0.15) is 0 Å². The molecule has 0 atom stereocenters. The first-order valence-corrected chi connectivity index (χ1v) is 10.0. The molecule has 2 aliphatic carbocycles. The van der Waals surface area contributed by atoms with Crippen LogP contribution in [0.1, 0.15) is 54.5 Å². The number of primary amides is 1. The molecule has 4 N–H and O–H groups in total. The molecule has 0 aromatic heterocycles. The summed E-state index contributed by atoms with van der Waals surface area (Å²) in [5.74, 6) is 0. The van der Waals surface area contributed by atoms with E-state index in [2.05, 4.69) is 54.8 Å². The number of nitrogens with two attached hydrogens (primary N) is 1. The summed E-state index contributed by atoms with van der Waals surface area (Å²) in [5.41, 5.74) is 13.2. The highest BCUT2D eigenvalue weighted by atomic mass is 16.2. The Hall–Kier alpha value is -2.33. The molecule has 0 bridgehead atoms. The van der Waals surface area contributed by atoms with E-state index < -0.39 is 6.03 Å². The lowest BCUT2D eigenvalue weighted by molar-refractivity contribution is 0.259. The van der Waals surface area contributed by atoms with Crippen LogP contribution < -0.4 is 16.4 Å². The first-order chi connectivity index (χ1) is 13.0. The van der Waals surface area contributed by atoms with Gasteiger partial charge in [0.05, 0.1) is 0 Å². The van der Waals surface area contributed by atoms with Gasteiger partial charge in [-0.1, -0.05) is 50.2 Å². The quantitative estimate of drug-likeness (QED) is 0.754. The van der Waals surface area contributed by atoms with Crippen LogP contribution in [0.4, 0.5) is 10.5 Å². The van der Waals surface area contributed by atoms with Crippen LogP contribution in [0.25, 0.3) is 0 Å². The summed E-state index contributed by atoms with van der Waals surface area (Å²) in [6, 6.07) is 12.9. The van der Waals surface area contributed by atoms with Crippen LogP contribution in [0, 0.1) is 0 Å². The van der Waals surface area contributed by atoms with Crippen molar-refractivity contribution in [3.05, 3.63) is 64.2 Å². The van der Waals surface area contributed by atoms with Gasteiger partial charge in [-0.3, -0.25) is 0 Å². The largest absolute Gasteiger partial charge is 0.351 e. The molecule has 0 aliphatic heterocycles. The molecule has 0 saturated carbocycles. The number of hydrogen-bond donors (Lipinski definition) is 3. The Labute approximate surface area is 162 Å². The van der Waals surface area contributed by atoms with Crippen molar-refractivity contribution < 1.29 is 4.79 Å². The normalized spacial score (nSPS) is 14.3. The first-order valence-electron chi connectivity index (χ1n) is 10.0. The number of urea groups is 1. The van der Waals surface area contributed by atoms with Crippen molar-refractivity contribution in [1.82, 2.24) is 5.32 Å². The van der Waals surface area contributed by atoms with E-state index in [4.69, 9.17) is 5.73 Å². The van der Waals surface area contributed by atoms with E-state index in [0.717, 1.165) is 37.9 Å². The molecule has 0 fully saturated rings. The van der Waals surface area contributed by atoms with Gasteiger partial charge in [0, 0.05) is 18.3 Å². The molecule has 2 aromatic rings. The number of aryl methyl sites for hydroxylation is 2. The molecule has 0 radical (unpaired) electrons. The van der Waals surface area contributed by atoms with Crippen molar-refractivity contribution in [3.63, 3.8) is 0 Å². The van der Waals surface area contributed by atoms with Gasteiger partial charge in [0.15, 0.2) is 0 Å². The van der Waals surface area contributed by atoms with Gasteiger partial charge >= 0.3 is 6.03 Å². The summed E-state index contributed by atoms with van der Waals surface area (Å²) < 4.78 is 0. The number of carbonyl (C=O) groups excluding carboxylic acids is 1. The predicted molar refractivity (Wildman–Crippen MR) is 112 cm³/mol. The van der Waals surface area contributed by atoms with Crippen LogP contribution in [-0.2, 0) is 32.2 Å². The second-order valence-electron chi connectivity index (χ2n) is 7.74. The smallest absolute Gasteiger partial charge is 0.316 e. The van der Waals surface area contributed by atoms with Crippen molar-refractivity contribution in [1.29, 1.82) is 0 Å². The molecule has 2 amide bonds. The molecule has 0 saturated heterocycles. The monoisotopic (exact) mass is 365 g/mol. The van der Waals surface area contributed by atoms with Gasteiger partial charge in [-0.2, -0.15) is 0 Å². The van der Waals surface area contributed by atoms with E-state index >= 15 is 0 Å². The second-order valence-corrected chi connectivity index (χ2v) is 7.74. The van der Waals surface area contributed by atoms with Gasteiger partial charge in [-0.05, 0) is 66.3 Å². The van der Waals surface area contributed by atoms with Crippen LogP contribution in [0.15, 0.2) is 36.4 Å². The summed E-state index contributed by atoms with van der Waals surface area (Å²) >= 11 is 0. The third kappa shape index (κ3) is 5.10. The van der Waals surface area contributed by atoms with E-state index in [0.29, 0.717) is 6.04 Å². The van der Waals surface area contributed by atoms with Crippen LogP contribution in [-0.4, -0.2) is 12.1 Å². The summed E-state index contributed by atoms with van der Waals surface area (Å²) in [5, 5.41) is 6.21. The molecular formula is C23H31N3O. The molecule has 4 heteroatoms. The van der Waals surface area contributed by atoms with Crippen molar-refractivity contribution in [2.75, 3.05) is 5.32 Å². The highest BCUT2D eigenvalue weighted by Gasteiger charge is 2.24. The van der Waals surface area contributed by atoms with E-state index in [1.54, 1.807) is 0 Å². The van der Waals surface area contributed by atoms with Gasteiger partial charge in [0.2, 0.25) is 0 Å². The molecule has 4 rings (SSSR count).